The van der Waals surface area contributed by atoms with Gasteiger partial charge in [-0.25, -0.2) is 0 Å². The highest BCUT2D eigenvalue weighted by Gasteiger charge is 2.15. The van der Waals surface area contributed by atoms with Gasteiger partial charge in [-0.1, -0.05) is 11.6 Å². The fraction of sp³-hybridized carbons (Fsp3) is 0.462. The Morgan fingerprint density at radius 1 is 1.32 bits per heavy atom. The van der Waals surface area contributed by atoms with Gasteiger partial charge in [0.05, 0.1) is 24.8 Å². The van der Waals surface area contributed by atoms with E-state index >= 15 is 0 Å². The number of aliphatic hydroxyl groups is 1. The molecule has 0 heterocycles. The lowest BCUT2D eigenvalue weighted by Crippen LogP contribution is -2.26. The molecule has 0 aliphatic carbocycles. The van der Waals surface area contributed by atoms with Gasteiger partial charge in [0, 0.05) is 12.1 Å². The van der Waals surface area contributed by atoms with Crippen LogP contribution in [0.25, 0.3) is 0 Å². The van der Waals surface area contributed by atoms with Gasteiger partial charge in [0.25, 0.3) is 5.91 Å². The Kier molecular flexibility index (Phi) is 6.45. The molecule has 0 unspecified atom stereocenters. The van der Waals surface area contributed by atoms with Crippen molar-refractivity contribution in [3.05, 3.63) is 22.7 Å². The molecule has 0 spiro atoms. The summed E-state index contributed by atoms with van der Waals surface area (Å²) in [6.45, 7) is 4.65. The van der Waals surface area contributed by atoms with Crippen LogP contribution in [0.1, 0.15) is 24.2 Å². The van der Waals surface area contributed by atoms with Crippen molar-refractivity contribution in [1.82, 2.24) is 5.32 Å². The van der Waals surface area contributed by atoms with E-state index in [1.54, 1.807) is 6.07 Å². The molecule has 106 valence electrons. The molecular weight excluding hydrogens is 270 g/mol. The minimum absolute atomic E-state index is 0.116. The summed E-state index contributed by atoms with van der Waals surface area (Å²) in [5, 5.41) is 11.6. The molecule has 0 saturated heterocycles. The highest BCUT2D eigenvalue weighted by atomic mass is 35.5. The van der Waals surface area contributed by atoms with Gasteiger partial charge in [-0.3, -0.25) is 4.79 Å². The fourth-order valence-corrected chi connectivity index (χ4v) is 1.78. The van der Waals surface area contributed by atoms with E-state index in [-0.39, 0.29) is 19.1 Å². The number of amides is 1. The van der Waals surface area contributed by atoms with E-state index in [4.69, 9.17) is 26.2 Å². The first-order valence-corrected chi connectivity index (χ1v) is 6.50. The van der Waals surface area contributed by atoms with E-state index in [9.17, 15) is 4.79 Å². The predicted octanol–water partition coefficient (Wildman–Crippen LogP) is 1.86. The van der Waals surface area contributed by atoms with Gasteiger partial charge in [0.2, 0.25) is 0 Å². The molecule has 1 amide bonds. The Bertz CT molecular complexity index is 437. The van der Waals surface area contributed by atoms with Gasteiger partial charge in [-0.2, -0.15) is 0 Å². The molecule has 0 atom stereocenters. The Morgan fingerprint density at radius 3 is 2.58 bits per heavy atom. The molecular formula is C13H18ClNO4. The van der Waals surface area contributed by atoms with Crippen molar-refractivity contribution >= 4 is 17.5 Å². The average molecular weight is 288 g/mol. The summed E-state index contributed by atoms with van der Waals surface area (Å²) in [5.41, 5.74) is 0.366. The van der Waals surface area contributed by atoms with Crippen LogP contribution >= 0.6 is 11.6 Å². The van der Waals surface area contributed by atoms with Crippen molar-refractivity contribution in [1.29, 1.82) is 0 Å². The smallest absolute Gasteiger partial charge is 0.251 e. The van der Waals surface area contributed by atoms with Crippen molar-refractivity contribution < 1.29 is 19.4 Å². The molecule has 0 aromatic heterocycles. The third-order valence-corrected chi connectivity index (χ3v) is 2.54. The second-order valence-corrected chi connectivity index (χ2v) is 4.04. The van der Waals surface area contributed by atoms with Crippen LogP contribution in [-0.2, 0) is 0 Å². The quantitative estimate of drug-likeness (QED) is 0.803. The molecule has 1 rings (SSSR count). The molecule has 1 aromatic carbocycles. The number of ether oxygens (including phenoxy) is 2. The molecule has 0 radical (unpaired) electrons. The molecule has 0 fully saturated rings. The van der Waals surface area contributed by atoms with Gasteiger partial charge < -0.3 is 19.9 Å². The molecule has 1 aromatic rings. The van der Waals surface area contributed by atoms with Crippen molar-refractivity contribution in [3.8, 4) is 11.5 Å². The highest BCUT2D eigenvalue weighted by molar-refractivity contribution is 6.32. The number of rotatable bonds is 7. The lowest BCUT2D eigenvalue weighted by molar-refractivity contribution is 0.0944. The number of carbonyl (C=O) groups excluding carboxylic acids is 1. The van der Waals surface area contributed by atoms with E-state index in [0.29, 0.717) is 35.3 Å². The third kappa shape index (κ3) is 4.29. The topological polar surface area (TPSA) is 67.8 Å². The first-order chi connectivity index (χ1) is 9.13. The normalized spacial score (nSPS) is 10.1. The Labute approximate surface area is 117 Å². The standard InChI is InChI=1S/C13H18ClNO4/c1-3-18-11-8-9(13(17)15-5-6-16)7-10(14)12(11)19-4-2/h7-8,16H,3-6H2,1-2H3,(H,15,17). The lowest BCUT2D eigenvalue weighted by atomic mass is 10.2. The first kappa shape index (κ1) is 15.6. The molecule has 0 aliphatic heterocycles. The van der Waals surface area contributed by atoms with E-state index in [0.717, 1.165) is 0 Å². The molecule has 0 bridgehead atoms. The zero-order chi connectivity index (χ0) is 14.3. The van der Waals surface area contributed by atoms with Crippen molar-refractivity contribution in [2.75, 3.05) is 26.4 Å². The molecule has 19 heavy (non-hydrogen) atoms. The molecule has 0 aliphatic rings. The number of hydrogen-bond donors (Lipinski definition) is 2. The zero-order valence-electron chi connectivity index (χ0n) is 11.0. The van der Waals surface area contributed by atoms with Crippen LogP contribution in [-0.4, -0.2) is 37.4 Å². The number of hydrogen-bond acceptors (Lipinski definition) is 4. The number of aliphatic hydroxyl groups excluding tert-OH is 1. The van der Waals surface area contributed by atoms with Gasteiger partial charge in [-0.15, -0.1) is 0 Å². The third-order valence-electron chi connectivity index (χ3n) is 2.26. The molecule has 0 saturated carbocycles. The summed E-state index contributed by atoms with van der Waals surface area (Å²) < 4.78 is 10.8. The summed E-state index contributed by atoms with van der Waals surface area (Å²) >= 11 is 6.09. The largest absolute Gasteiger partial charge is 0.490 e. The van der Waals surface area contributed by atoms with Crippen molar-refractivity contribution in [2.24, 2.45) is 0 Å². The zero-order valence-corrected chi connectivity index (χ0v) is 11.8. The molecule has 2 N–H and O–H groups in total. The number of nitrogens with one attached hydrogen (secondary N) is 1. The van der Waals surface area contributed by atoms with Crippen molar-refractivity contribution in [2.45, 2.75) is 13.8 Å². The second kappa shape index (κ2) is 7.86. The summed E-state index contributed by atoms with van der Waals surface area (Å²) in [6, 6.07) is 3.09. The van der Waals surface area contributed by atoms with E-state index in [1.165, 1.54) is 6.07 Å². The summed E-state index contributed by atoms with van der Waals surface area (Å²) in [5.74, 6) is 0.552. The van der Waals surface area contributed by atoms with Crippen molar-refractivity contribution in [3.63, 3.8) is 0 Å². The van der Waals surface area contributed by atoms with E-state index in [1.807, 2.05) is 13.8 Å². The van der Waals surface area contributed by atoms with Crippen LogP contribution < -0.4 is 14.8 Å². The Hall–Kier alpha value is -1.46. The van der Waals surface area contributed by atoms with Crippen LogP contribution in [0.4, 0.5) is 0 Å². The highest BCUT2D eigenvalue weighted by Crippen LogP contribution is 2.36. The lowest BCUT2D eigenvalue weighted by Gasteiger charge is -2.14. The number of halogens is 1. The monoisotopic (exact) mass is 287 g/mol. The molecule has 5 nitrogen and oxygen atoms in total. The van der Waals surface area contributed by atoms with Gasteiger partial charge in [-0.05, 0) is 26.0 Å². The maximum absolute atomic E-state index is 11.8. The van der Waals surface area contributed by atoms with Crippen LogP contribution in [0.15, 0.2) is 12.1 Å². The average Bonchev–Trinajstić information content (AvgIpc) is 2.39. The van der Waals surface area contributed by atoms with Gasteiger partial charge >= 0.3 is 0 Å². The SMILES string of the molecule is CCOc1cc(C(=O)NCCO)cc(Cl)c1OCC. The van der Waals surface area contributed by atoms with Gasteiger partial charge in [0.1, 0.15) is 0 Å². The van der Waals surface area contributed by atoms with Gasteiger partial charge in [0.15, 0.2) is 11.5 Å². The second-order valence-electron chi connectivity index (χ2n) is 3.63. The van der Waals surface area contributed by atoms with E-state index in [2.05, 4.69) is 5.32 Å². The Morgan fingerprint density at radius 2 is 2.00 bits per heavy atom. The van der Waals surface area contributed by atoms with Crippen LogP contribution in [0.5, 0.6) is 11.5 Å². The van der Waals surface area contributed by atoms with E-state index < -0.39 is 0 Å². The van der Waals surface area contributed by atoms with Crippen LogP contribution in [0, 0.1) is 0 Å². The van der Waals surface area contributed by atoms with Crippen LogP contribution in [0.2, 0.25) is 5.02 Å². The first-order valence-electron chi connectivity index (χ1n) is 6.12. The minimum atomic E-state index is -0.319. The maximum atomic E-state index is 11.8. The predicted molar refractivity (Wildman–Crippen MR) is 73.2 cm³/mol. The summed E-state index contributed by atoms with van der Waals surface area (Å²) in [6.07, 6.45) is 0. The fourth-order valence-electron chi connectivity index (χ4n) is 1.52. The molecule has 6 heteroatoms. The summed E-state index contributed by atoms with van der Waals surface area (Å²) in [7, 11) is 0. The van der Waals surface area contributed by atoms with Crippen LogP contribution in [0.3, 0.4) is 0 Å². The number of carbonyl (C=O) groups is 1. The Balaban J connectivity index is 3.05. The summed E-state index contributed by atoms with van der Waals surface area (Å²) in [4.78, 5) is 11.8. The minimum Gasteiger partial charge on any atom is -0.490 e. The number of benzene rings is 1. The maximum Gasteiger partial charge on any atom is 0.251 e.